The van der Waals surface area contributed by atoms with Gasteiger partial charge in [-0.1, -0.05) is 18.2 Å². The average molecular weight is 194 g/mol. The normalized spacial score (nSPS) is 19.4. The quantitative estimate of drug-likeness (QED) is 0.711. The molecule has 1 aliphatic heterocycles. The minimum Gasteiger partial charge on any atom is -0.491 e. The van der Waals surface area contributed by atoms with Crippen LogP contribution in [-0.2, 0) is 11.2 Å². The van der Waals surface area contributed by atoms with Gasteiger partial charge in [0.1, 0.15) is 18.5 Å². The van der Waals surface area contributed by atoms with Gasteiger partial charge in [-0.15, -0.1) is 0 Å². The number of hydrogen-bond donors (Lipinski definition) is 1. The summed E-state index contributed by atoms with van der Waals surface area (Å²) in [5.41, 5.74) is 1.05. The zero-order valence-electron chi connectivity index (χ0n) is 7.98. The van der Waals surface area contributed by atoms with Crippen molar-refractivity contribution in [3.63, 3.8) is 0 Å². The highest BCUT2D eigenvalue weighted by atomic mass is 16.6. The molecule has 1 aromatic carbocycles. The van der Waals surface area contributed by atoms with Crippen LogP contribution in [0.3, 0.4) is 0 Å². The maximum absolute atomic E-state index is 8.85. The molecule has 0 aromatic heterocycles. The Balaban J connectivity index is 1.97. The second-order valence-corrected chi connectivity index (χ2v) is 3.35. The molecule has 3 heteroatoms. The molecule has 14 heavy (non-hydrogen) atoms. The summed E-state index contributed by atoms with van der Waals surface area (Å²) >= 11 is 0. The van der Waals surface area contributed by atoms with Crippen LogP contribution < -0.4 is 4.74 Å². The third-order valence-electron chi connectivity index (χ3n) is 2.18. The zero-order valence-corrected chi connectivity index (χ0v) is 7.98. The van der Waals surface area contributed by atoms with E-state index in [1.807, 2.05) is 24.3 Å². The van der Waals surface area contributed by atoms with E-state index in [2.05, 4.69) is 0 Å². The molecule has 0 radical (unpaired) electrons. The predicted octanol–water partition coefficient (Wildman–Crippen LogP) is 0.999. The highest BCUT2D eigenvalue weighted by molar-refractivity contribution is 5.33. The molecule has 1 fully saturated rings. The van der Waals surface area contributed by atoms with E-state index in [1.165, 1.54) is 0 Å². The van der Waals surface area contributed by atoms with Gasteiger partial charge in [0.25, 0.3) is 0 Å². The topological polar surface area (TPSA) is 42.0 Å². The Kier molecular flexibility index (Phi) is 3.01. The number of epoxide rings is 1. The number of rotatable bonds is 5. The summed E-state index contributed by atoms with van der Waals surface area (Å²) in [6.07, 6.45) is 0.916. The number of benzene rings is 1. The molecular formula is C11H14O3. The third-order valence-corrected chi connectivity index (χ3v) is 2.18. The maximum Gasteiger partial charge on any atom is 0.122 e. The second kappa shape index (κ2) is 4.44. The van der Waals surface area contributed by atoms with E-state index in [-0.39, 0.29) is 12.7 Å². The van der Waals surface area contributed by atoms with Crippen molar-refractivity contribution in [2.75, 3.05) is 19.8 Å². The predicted molar refractivity (Wildman–Crippen MR) is 52.5 cm³/mol. The van der Waals surface area contributed by atoms with Crippen molar-refractivity contribution in [3.8, 4) is 5.75 Å². The van der Waals surface area contributed by atoms with Crippen LogP contribution in [0.15, 0.2) is 24.3 Å². The van der Waals surface area contributed by atoms with Crippen molar-refractivity contribution in [3.05, 3.63) is 29.8 Å². The Hall–Kier alpha value is -1.06. The lowest BCUT2D eigenvalue weighted by atomic mass is 10.1. The van der Waals surface area contributed by atoms with Gasteiger partial charge in [-0.25, -0.2) is 0 Å². The van der Waals surface area contributed by atoms with E-state index < -0.39 is 0 Å². The van der Waals surface area contributed by atoms with Crippen molar-refractivity contribution in [1.29, 1.82) is 0 Å². The molecule has 1 unspecified atom stereocenters. The molecule has 76 valence electrons. The summed E-state index contributed by atoms with van der Waals surface area (Å²) < 4.78 is 10.6. The number of ether oxygens (including phenoxy) is 2. The lowest BCUT2D eigenvalue weighted by Gasteiger charge is -2.09. The first-order chi connectivity index (χ1) is 6.90. The Morgan fingerprint density at radius 1 is 1.43 bits per heavy atom. The van der Waals surface area contributed by atoms with Gasteiger partial charge in [0.2, 0.25) is 0 Å². The van der Waals surface area contributed by atoms with E-state index in [9.17, 15) is 0 Å². The summed E-state index contributed by atoms with van der Waals surface area (Å²) in [5, 5.41) is 8.85. The molecular weight excluding hydrogens is 180 g/mol. The highest BCUT2D eigenvalue weighted by Crippen LogP contribution is 2.20. The summed E-state index contributed by atoms with van der Waals surface area (Å²) in [4.78, 5) is 0. The molecule has 3 nitrogen and oxygen atoms in total. The molecule has 2 rings (SSSR count). The zero-order chi connectivity index (χ0) is 9.80. The first-order valence-electron chi connectivity index (χ1n) is 4.83. The number of hydrogen-bond acceptors (Lipinski definition) is 3. The van der Waals surface area contributed by atoms with Gasteiger partial charge >= 0.3 is 0 Å². The van der Waals surface area contributed by atoms with Gasteiger partial charge in [0.05, 0.1) is 6.61 Å². The van der Waals surface area contributed by atoms with Gasteiger partial charge in [0.15, 0.2) is 0 Å². The van der Waals surface area contributed by atoms with Crippen LogP contribution in [0.1, 0.15) is 5.56 Å². The van der Waals surface area contributed by atoms with Crippen LogP contribution in [0.2, 0.25) is 0 Å². The molecule has 0 amide bonds. The van der Waals surface area contributed by atoms with Gasteiger partial charge in [-0.2, -0.15) is 0 Å². The molecule has 1 saturated heterocycles. The van der Waals surface area contributed by atoms with Crippen LogP contribution in [0.5, 0.6) is 5.75 Å². The van der Waals surface area contributed by atoms with Crippen molar-refractivity contribution < 1.29 is 14.6 Å². The Morgan fingerprint density at radius 2 is 2.21 bits per heavy atom. The Morgan fingerprint density at radius 3 is 2.93 bits per heavy atom. The van der Waals surface area contributed by atoms with Crippen molar-refractivity contribution >= 4 is 0 Å². The number of para-hydroxylation sites is 1. The van der Waals surface area contributed by atoms with Crippen LogP contribution in [0, 0.1) is 0 Å². The summed E-state index contributed by atoms with van der Waals surface area (Å²) in [6.45, 7) is 1.57. The average Bonchev–Trinajstić information content (AvgIpc) is 3.01. The van der Waals surface area contributed by atoms with E-state index in [0.717, 1.165) is 17.9 Å². The lowest BCUT2D eigenvalue weighted by Crippen LogP contribution is -2.06. The van der Waals surface area contributed by atoms with Gasteiger partial charge in [-0.05, 0) is 18.1 Å². The first-order valence-corrected chi connectivity index (χ1v) is 4.83. The molecule has 0 saturated carbocycles. The van der Waals surface area contributed by atoms with E-state index in [1.54, 1.807) is 0 Å². The second-order valence-electron chi connectivity index (χ2n) is 3.35. The first kappa shape index (κ1) is 9.49. The smallest absolute Gasteiger partial charge is 0.122 e. The molecule has 1 aromatic rings. The van der Waals surface area contributed by atoms with Crippen molar-refractivity contribution in [2.45, 2.75) is 12.5 Å². The molecule has 1 atom stereocenters. The van der Waals surface area contributed by atoms with Crippen molar-refractivity contribution in [1.82, 2.24) is 0 Å². The van der Waals surface area contributed by atoms with E-state index in [4.69, 9.17) is 14.6 Å². The molecule has 0 aliphatic carbocycles. The summed E-state index contributed by atoms with van der Waals surface area (Å²) in [7, 11) is 0. The van der Waals surface area contributed by atoms with Gasteiger partial charge in [0, 0.05) is 6.61 Å². The van der Waals surface area contributed by atoms with Crippen LogP contribution >= 0.6 is 0 Å². The summed E-state index contributed by atoms with van der Waals surface area (Å²) in [6, 6.07) is 7.78. The van der Waals surface area contributed by atoms with Crippen LogP contribution in [0.4, 0.5) is 0 Å². The monoisotopic (exact) mass is 194 g/mol. The molecule has 0 spiro atoms. The fourth-order valence-electron chi connectivity index (χ4n) is 1.32. The van der Waals surface area contributed by atoms with E-state index in [0.29, 0.717) is 13.0 Å². The minimum atomic E-state index is 0.153. The molecule has 1 heterocycles. The van der Waals surface area contributed by atoms with Crippen molar-refractivity contribution in [2.24, 2.45) is 0 Å². The molecule has 1 N–H and O–H groups in total. The fraction of sp³-hybridized carbons (Fsp3) is 0.455. The standard InChI is InChI=1S/C11H14O3/c12-6-5-9-3-1-2-4-11(9)14-8-10-7-13-10/h1-4,10,12H,5-8H2. The number of aliphatic hydroxyl groups excluding tert-OH is 1. The van der Waals surface area contributed by atoms with Crippen LogP contribution in [-0.4, -0.2) is 31.0 Å². The minimum absolute atomic E-state index is 0.153. The van der Waals surface area contributed by atoms with Gasteiger partial charge < -0.3 is 14.6 Å². The largest absolute Gasteiger partial charge is 0.491 e. The summed E-state index contributed by atoms with van der Waals surface area (Å²) in [5.74, 6) is 0.858. The maximum atomic E-state index is 8.85. The lowest BCUT2D eigenvalue weighted by molar-refractivity contribution is 0.257. The van der Waals surface area contributed by atoms with Gasteiger partial charge in [-0.3, -0.25) is 0 Å². The third kappa shape index (κ3) is 2.47. The Labute approximate surface area is 83.3 Å². The van der Waals surface area contributed by atoms with Crippen LogP contribution in [0.25, 0.3) is 0 Å². The molecule has 0 bridgehead atoms. The number of aliphatic hydroxyl groups is 1. The van der Waals surface area contributed by atoms with E-state index >= 15 is 0 Å². The molecule has 1 aliphatic rings. The SMILES string of the molecule is OCCc1ccccc1OCC1CO1. The Bertz CT molecular complexity index is 294. The fourth-order valence-corrected chi connectivity index (χ4v) is 1.32. The highest BCUT2D eigenvalue weighted by Gasteiger charge is 2.23.